The standard InChI is InChI=1S/C12H16O2/c1-10-6-8-11(9-7-10)4-2-3-5-12(13)14/h2-6,11H,7-9H2,1H3,(H,13,14)/b4-2+,5-3+. The molecule has 0 heterocycles. The average Bonchev–Trinajstić information content (AvgIpc) is 2.15. The van der Waals surface area contributed by atoms with Gasteiger partial charge in [0.25, 0.3) is 0 Å². The molecule has 1 N–H and O–H groups in total. The molecule has 0 saturated carbocycles. The largest absolute Gasteiger partial charge is 0.478 e. The second kappa shape index (κ2) is 5.43. The van der Waals surface area contributed by atoms with Gasteiger partial charge < -0.3 is 5.11 Å². The van der Waals surface area contributed by atoms with E-state index in [9.17, 15) is 4.79 Å². The molecule has 0 aliphatic heterocycles. The molecule has 1 unspecified atom stereocenters. The minimum atomic E-state index is -0.894. The predicted molar refractivity (Wildman–Crippen MR) is 57.0 cm³/mol. The van der Waals surface area contributed by atoms with Crippen molar-refractivity contribution in [3.05, 3.63) is 36.0 Å². The van der Waals surface area contributed by atoms with Crippen LogP contribution in [0.5, 0.6) is 0 Å². The lowest BCUT2D eigenvalue weighted by Gasteiger charge is -2.16. The van der Waals surface area contributed by atoms with Crippen LogP contribution >= 0.6 is 0 Å². The Kier molecular flexibility index (Phi) is 4.17. The minimum absolute atomic E-state index is 0.581. The number of aliphatic carboxylic acids is 1. The summed E-state index contributed by atoms with van der Waals surface area (Å²) in [5.74, 6) is -0.314. The summed E-state index contributed by atoms with van der Waals surface area (Å²) in [6.45, 7) is 2.16. The third-order valence-electron chi connectivity index (χ3n) is 2.41. The van der Waals surface area contributed by atoms with Crippen LogP contribution in [-0.4, -0.2) is 11.1 Å². The van der Waals surface area contributed by atoms with Gasteiger partial charge in [0.15, 0.2) is 0 Å². The van der Waals surface area contributed by atoms with Crippen LogP contribution < -0.4 is 0 Å². The summed E-state index contributed by atoms with van der Waals surface area (Å²) in [4.78, 5) is 10.2. The van der Waals surface area contributed by atoms with Crippen LogP contribution in [0.1, 0.15) is 26.2 Å². The molecular weight excluding hydrogens is 176 g/mol. The Balaban J connectivity index is 2.35. The van der Waals surface area contributed by atoms with Crippen molar-refractivity contribution in [2.24, 2.45) is 5.92 Å². The minimum Gasteiger partial charge on any atom is -0.478 e. The number of rotatable bonds is 3. The van der Waals surface area contributed by atoms with E-state index in [0.717, 1.165) is 18.9 Å². The lowest BCUT2D eigenvalue weighted by Crippen LogP contribution is -2.00. The summed E-state index contributed by atoms with van der Waals surface area (Å²) < 4.78 is 0. The molecule has 1 aliphatic rings. The summed E-state index contributed by atoms with van der Waals surface area (Å²) in [5, 5.41) is 8.35. The van der Waals surface area contributed by atoms with Gasteiger partial charge in [-0.2, -0.15) is 0 Å². The van der Waals surface area contributed by atoms with E-state index in [4.69, 9.17) is 5.11 Å². The van der Waals surface area contributed by atoms with Crippen molar-refractivity contribution in [2.75, 3.05) is 0 Å². The summed E-state index contributed by atoms with van der Waals surface area (Å²) >= 11 is 0. The highest BCUT2D eigenvalue weighted by Crippen LogP contribution is 2.23. The molecule has 0 bridgehead atoms. The van der Waals surface area contributed by atoms with Gasteiger partial charge in [-0.3, -0.25) is 0 Å². The summed E-state index contributed by atoms with van der Waals surface area (Å²) in [5.41, 5.74) is 1.47. The first-order valence-electron chi connectivity index (χ1n) is 4.92. The van der Waals surface area contributed by atoms with Crippen molar-refractivity contribution in [3.63, 3.8) is 0 Å². The molecule has 0 radical (unpaired) electrons. The van der Waals surface area contributed by atoms with E-state index in [1.54, 1.807) is 6.08 Å². The second-order valence-electron chi connectivity index (χ2n) is 3.67. The first kappa shape index (κ1) is 10.8. The van der Waals surface area contributed by atoms with E-state index < -0.39 is 5.97 Å². The highest BCUT2D eigenvalue weighted by atomic mass is 16.4. The Morgan fingerprint density at radius 1 is 1.57 bits per heavy atom. The maximum atomic E-state index is 10.2. The molecule has 0 spiro atoms. The Morgan fingerprint density at radius 3 is 2.93 bits per heavy atom. The van der Waals surface area contributed by atoms with E-state index >= 15 is 0 Å². The maximum absolute atomic E-state index is 10.2. The fourth-order valence-electron chi connectivity index (χ4n) is 1.52. The van der Waals surface area contributed by atoms with E-state index in [2.05, 4.69) is 19.1 Å². The lowest BCUT2D eigenvalue weighted by atomic mass is 9.90. The number of hydrogen-bond donors (Lipinski definition) is 1. The molecule has 0 aromatic carbocycles. The topological polar surface area (TPSA) is 37.3 Å². The first-order valence-corrected chi connectivity index (χ1v) is 4.92. The number of carbonyl (C=O) groups is 1. The van der Waals surface area contributed by atoms with Gasteiger partial charge in [0, 0.05) is 6.08 Å². The van der Waals surface area contributed by atoms with Crippen LogP contribution in [0.4, 0.5) is 0 Å². The zero-order valence-corrected chi connectivity index (χ0v) is 8.44. The highest BCUT2D eigenvalue weighted by molar-refractivity contribution is 5.80. The predicted octanol–water partition coefficient (Wildman–Crippen LogP) is 2.93. The Hall–Kier alpha value is -1.31. The number of carboxylic acids is 1. The van der Waals surface area contributed by atoms with Crippen LogP contribution in [0.3, 0.4) is 0 Å². The molecular formula is C12H16O2. The Labute approximate surface area is 84.6 Å². The quantitative estimate of drug-likeness (QED) is 0.424. The smallest absolute Gasteiger partial charge is 0.328 e. The summed E-state index contributed by atoms with van der Waals surface area (Å²) in [6.07, 6.45) is 12.3. The third-order valence-corrected chi connectivity index (χ3v) is 2.41. The van der Waals surface area contributed by atoms with E-state index in [0.29, 0.717) is 5.92 Å². The van der Waals surface area contributed by atoms with Crippen molar-refractivity contribution in [2.45, 2.75) is 26.2 Å². The van der Waals surface area contributed by atoms with Crippen LogP contribution in [0.25, 0.3) is 0 Å². The second-order valence-corrected chi connectivity index (χ2v) is 3.67. The molecule has 76 valence electrons. The fraction of sp³-hybridized carbons (Fsp3) is 0.417. The monoisotopic (exact) mass is 192 g/mol. The SMILES string of the molecule is CC1=CCC(/C=C/C=C/C(=O)O)CC1. The Bertz CT molecular complexity index is 285. The molecule has 0 fully saturated rings. The zero-order valence-electron chi connectivity index (χ0n) is 8.44. The van der Waals surface area contributed by atoms with Gasteiger partial charge in [-0.15, -0.1) is 0 Å². The molecule has 0 saturated heterocycles. The number of allylic oxidation sites excluding steroid dienone is 5. The van der Waals surface area contributed by atoms with E-state index in [1.165, 1.54) is 12.0 Å². The third kappa shape index (κ3) is 4.08. The highest BCUT2D eigenvalue weighted by Gasteiger charge is 2.08. The van der Waals surface area contributed by atoms with Gasteiger partial charge in [0.2, 0.25) is 0 Å². The van der Waals surface area contributed by atoms with Gasteiger partial charge in [-0.25, -0.2) is 4.79 Å². The lowest BCUT2D eigenvalue weighted by molar-refractivity contribution is -0.131. The van der Waals surface area contributed by atoms with Crippen molar-refractivity contribution in [3.8, 4) is 0 Å². The molecule has 2 nitrogen and oxygen atoms in total. The maximum Gasteiger partial charge on any atom is 0.328 e. The zero-order chi connectivity index (χ0) is 10.4. The molecule has 1 rings (SSSR count). The summed E-state index contributed by atoms with van der Waals surface area (Å²) in [7, 11) is 0. The number of carboxylic acid groups (broad SMARTS) is 1. The van der Waals surface area contributed by atoms with Crippen LogP contribution in [0.2, 0.25) is 0 Å². The van der Waals surface area contributed by atoms with Crippen molar-refractivity contribution >= 4 is 5.97 Å². The van der Waals surface area contributed by atoms with Gasteiger partial charge in [0.05, 0.1) is 0 Å². The van der Waals surface area contributed by atoms with Gasteiger partial charge in [-0.1, -0.05) is 29.9 Å². The van der Waals surface area contributed by atoms with Gasteiger partial charge >= 0.3 is 5.97 Å². The number of hydrogen-bond acceptors (Lipinski definition) is 1. The van der Waals surface area contributed by atoms with Crippen molar-refractivity contribution in [1.29, 1.82) is 0 Å². The van der Waals surface area contributed by atoms with Gasteiger partial charge in [-0.05, 0) is 32.1 Å². The summed E-state index contributed by atoms with van der Waals surface area (Å²) in [6, 6.07) is 0. The first-order chi connectivity index (χ1) is 6.68. The van der Waals surface area contributed by atoms with Crippen LogP contribution in [-0.2, 0) is 4.79 Å². The van der Waals surface area contributed by atoms with E-state index in [-0.39, 0.29) is 0 Å². The molecule has 2 heteroatoms. The van der Waals surface area contributed by atoms with Crippen LogP contribution in [0.15, 0.2) is 36.0 Å². The normalized spacial score (nSPS) is 22.9. The fourth-order valence-corrected chi connectivity index (χ4v) is 1.52. The molecule has 1 aliphatic carbocycles. The molecule has 14 heavy (non-hydrogen) atoms. The molecule has 0 aromatic rings. The molecule has 1 atom stereocenters. The van der Waals surface area contributed by atoms with Crippen LogP contribution in [0, 0.1) is 5.92 Å². The van der Waals surface area contributed by atoms with Crippen molar-refractivity contribution < 1.29 is 9.90 Å². The molecule has 0 amide bonds. The Morgan fingerprint density at radius 2 is 2.36 bits per heavy atom. The van der Waals surface area contributed by atoms with E-state index in [1.807, 2.05) is 6.08 Å². The average molecular weight is 192 g/mol. The molecule has 0 aromatic heterocycles. The van der Waals surface area contributed by atoms with Crippen molar-refractivity contribution in [1.82, 2.24) is 0 Å². The van der Waals surface area contributed by atoms with Gasteiger partial charge in [0.1, 0.15) is 0 Å².